The van der Waals surface area contributed by atoms with Gasteiger partial charge >= 0.3 is 0 Å². The van der Waals surface area contributed by atoms with E-state index < -0.39 is 0 Å². The van der Waals surface area contributed by atoms with Crippen molar-refractivity contribution >= 4 is 17.5 Å². The third-order valence-electron chi connectivity index (χ3n) is 3.19. The lowest BCUT2D eigenvalue weighted by molar-refractivity contribution is -0.138. The van der Waals surface area contributed by atoms with E-state index >= 15 is 0 Å². The predicted molar refractivity (Wildman–Crippen MR) is 70.9 cm³/mol. The quantitative estimate of drug-likeness (QED) is 0.629. The van der Waals surface area contributed by atoms with Crippen molar-refractivity contribution in [1.82, 2.24) is 4.90 Å². The molecular weight excluding hydrogens is 222 g/mol. The fraction of sp³-hybridized carbons (Fsp3) is 0.923. The molecule has 0 radical (unpaired) electrons. The van der Waals surface area contributed by atoms with Crippen molar-refractivity contribution in [3.63, 3.8) is 0 Å². The van der Waals surface area contributed by atoms with Gasteiger partial charge in [0.05, 0.1) is 5.54 Å². The third-order valence-corrected chi connectivity index (χ3v) is 3.84. The minimum atomic E-state index is -0.252. The maximum atomic E-state index is 12.3. The summed E-state index contributed by atoms with van der Waals surface area (Å²) in [6.07, 6.45) is 4.09. The lowest BCUT2D eigenvalue weighted by atomic mass is 9.94. The summed E-state index contributed by atoms with van der Waals surface area (Å²) in [4.78, 5) is 14.1. The highest BCUT2D eigenvalue weighted by atomic mass is 35.5. The minimum absolute atomic E-state index is 0.169. The fourth-order valence-corrected chi connectivity index (χ4v) is 1.93. The van der Waals surface area contributed by atoms with Gasteiger partial charge in [-0.15, -0.1) is 11.6 Å². The second-order valence-electron chi connectivity index (χ2n) is 5.12. The van der Waals surface area contributed by atoms with Crippen molar-refractivity contribution < 1.29 is 4.79 Å². The molecule has 0 aliphatic heterocycles. The molecule has 0 bridgehead atoms. The summed E-state index contributed by atoms with van der Waals surface area (Å²) in [6.45, 7) is 8.27. The number of hydrogen-bond acceptors (Lipinski definition) is 1. The Bertz CT molecular complexity index is 210. The molecule has 0 fully saturated rings. The molecule has 0 aliphatic carbocycles. The van der Waals surface area contributed by atoms with Crippen LogP contribution in [-0.4, -0.2) is 29.3 Å². The van der Waals surface area contributed by atoms with Crippen molar-refractivity contribution in [3.05, 3.63) is 0 Å². The van der Waals surface area contributed by atoms with Gasteiger partial charge in [-0.05, 0) is 26.7 Å². The van der Waals surface area contributed by atoms with E-state index in [0.29, 0.717) is 5.88 Å². The molecule has 0 spiro atoms. The first-order valence-corrected chi connectivity index (χ1v) is 6.77. The molecular formula is C13H26ClNO. The van der Waals surface area contributed by atoms with Crippen LogP contribution in [0.2, 0.25) is 0 Å². The van der Waals surface area contributed by atoms with Gasteiger partial charge in [0.15, 0.2) is 0 Å². The van der Waals surface area contributed by atoms with Crippen molar-refractivity contribution in [2.45, 2.75) is 58.9 Å². The van der Waals surface area contributed by atoms with E-state index in [1.807, 2.05) is 25.8 Å². The Labute approximate surface area is 105 Å². The fourth-order valence-electron chi connectivity index (χ4n) is 1.75. The van der Waals surface area contributed by atoms with Crippen molar-refractivity contribution in [2.24, 2.45) is 5.92 Å². The number of nitrogens with zero attached hydrogens (tertiary/aromatic N) is 1. The first kappa shape index (κ1) is 15.8. The highest BCUT2D eigenvalue weighted by Crippen LogP contribution is 2.22. The maximum Gasteiger partial charge on any atom is 0.225 e. The Morgan fingerprint density at radius 2 is 1.69 bits per heavy atom. The Hall–Kier alpha value is -0.240. The van der Waals surface area contributed by atoms with E-state index in [4.69, 9.17) is 11.6 Å². The normalized spacial score (nSPS) is 11.9. The van der Waals surface area contributed by atoms with E-state index in [-0.39, 0.29) is 17.4 Å². The van der Waals surface area contributed by atoms with Crippen LogP contribution < -0.4 is 0 Å². The highest BCUT2D eigenvalue weighted by molar-refractivity contribution is 6.18. The van der Waals surface area contributed by atoms with Gasteiger partial charge in [-0.1, -0.05) is 26.7 Å². The maximum absolute atomic E-state index is 12.3. The lowest BCUT2D eigenvalue weighted by Gasteiger charge is -2.36. The van der Waals surface area contributed by atoms with Gasteiger partial charge in [0, 0.05) is 18.8 Å². The van der Waals surface area contributed by atoms with E-state index in [0.717, 1.165) is 25.7 Å². The molecule has 3 heteroatoms. The second kappa shape index (κ2) is 7.16. The molecule has 2 nitrogen and oxygen atoms in total. The zero-order valence-corrected chi connectivity index (χ0v) is 12.1. The van der Waals surface area contributed by atoms with Crippen LogP contribution in [0.15, 0.2) is 0 Å². The molecule has 0 rings (SSSR count). The molecule has 16 heavy (non-hydrogen) atoms. The van der Waals surface area contributed by atoms with Crippen LogP contribution in [0.5, 0.6) is 0 Å². The number of amides is 1. The van der Waals surface area contributed by atoms with Gasteiger partial charge in [0.1, 0.15) is 0 Å². The van der Waals surface area contributed by atoms with Crippen LogP contribution in [0, 0.1) is 5.92 Å². The molecule has 0 saturated carbocycles. The largest absolute Gasteiger partial charge is 0.339 e. The Balaban J connectivity index is 4.59. The molecule has 96 valence electrons. The second-order valence-corrected chi connectivity index (χ2v) is 5.38. The van der Waals surface area contributed by atoms with Crippen LogP contribution in [0.1, 0.15) is 53.4 Å². The van der Waals surface area contributed by atoms with E-state index in [1.54, 1.807) is 0 Å². The summed E-state index contributed by atoms with van der Waals surface area (Å²) in [5, 5.41) is 0. The zero-order valence-electron chi connectivity index (χ0n) is 11.3. The molecule has 0 unspecified atom stereocenters. The molecule has 0 atom stereocenters. The summed E-state index contributed by atoms with van der Waals surface area (Å²) in [7, 11) is 1.86. The van der Waals surface area contributed by atoms with E-state index in [9.17, 15) is 4.79 Å². The summed E-state index contributed by atoms with van der Waals surface area (Å²) in [5.74, 6) is 0.886. The molecule has 0 aromatic heterocycles. The average Bonchev–Trinajstić information content (AvgIpc) is 2.26. The monoisotopic (exact) mass is 247 g/mol. The topological polar surface area (TPSA) is 20.3 Å². The molecule has 0 aromatic rings. The molecule has 0 heterocycles. The first-order valence-electron chi connectivity index (χ1n) is 6.24. The predicted octanol–water partition coefficient (Wildman–Crippen LogP) is 3.68. The summed E-state index contributed by atoms with van der Waals surface area (Å²) >= 11 is 5.90. The first-order chi connectivity index (χ1) is 7.40. The number of alkyl halides is 1. The number of carbonyl (C=O) groups is 1. The molecule has 0 aliphatic rings. The third kappa shape index (κ3) is 4.32. The number of carbonyl (C=O) groups excluding carboxylic acids is 1. The molecule has 0 saturated heterocycles. The van der Waals surface area contributed by atoms with Crippen molar-refractivity contribution in [2.75, 3.05) is 12.9 Å². The molecule has 1 amide bonds. The van der Waals surface area contributed by atoms with Crippen LogP contribution in [0.3, 0.4) is 0 Å². The summed E-state index contributed by atoms with van der Waals surface area (Å²) in [6, 6.07) is 0. The smallest absolute Gasteiger partial charge is 0.225 e. The van der Waals surface area contributed by atoms with Crippen LogP contribution in [0.25, 0.3) is 0 Å². The SMILES string of the molecule is CCCC(CCC)C(=O)N(C)C(C)(C)CCl. The van der Waals surface area contributed by atoms with Gasteiger partial charge in [-0.3, -0.25) is 4.79 Å². The Morgan fingerprint density at radius 3 is 2.00 bits per heavy atom. The van der Waals surface area contributed by atoms with Gasteiger partial charge in [0.2, 0.25) is 5.91 Å². The number of rotatable bonds is 7. The Kier molecular flexibility index (Phi) is 7.05. The number of hydrogen-bond donors (Lipinski definition) is 0. The average molecular weight is 248 g/mol. The number of halogens is 1. The molecule has 0 N–H and O–H groups in total. The standard InChI is InChI=1S/C13H26ClNO/c1-6-8-11(9-7-2)12(16)15(5)13(3,4)10-14/h11H,6-10H2,1-5H3. The van der Waals surface area contributed by atoms with Gasteiger partial charge in [-0.2, -0.15) is 0 Å². The lowest BCUT2D eigenvalue weighted by Crippen LogP contribution is -2.48. The highest BCUT2D eigenvalue weighted by Gasteiger charge is 2.30. The van der Waals surface area contributed by atoms with E-state index in [2.05, 4.69) is 13.8 Å². The van der Waals surface area contributed by atoms with E-state index in [1.165, 1.54) is 0 Å². The van der Waals surface area contributed by atoms with Crippen molar-refractivity contribution in [1.29, 1.82) is 0 Å². The van der Waals surface area contributed by atoms with Gasteiger partial charge < -0.3 is 4.90 Å². The van der Waals surface area contributed by atoms with Gasteiger partial charge in [0.25, 0.3) is 0 Å². The van der Waals surface area contributed by atoms with Gasteiger partial charge in [-0.25, -0.2) is 0 Å². The summed E-state index contributed by atoms with van der Waals surface area (Å²) < 4.78 is 0. The molecule has 0 aromatic carbocycles. The zero-order chi connectivity index (χ0) is 12.8. The van der Waals surface area contributed by atoms with Crippen LogP contribution in [-0.2, 0) is 4.79 Å². The Morgan fingerprint density at radius 1 is 1.25 bits per heavy atom. The van der Waals surface area contributed by atoms with Crippen LogP contribution in [0.4, 0.5) is 0 Å². The van der Waals surface area contributed by atoms with Crippen molar-refractivity contribution in [3.8, 4) is 0 Å². The summed E-state index contributed by atoms with van der Waals surface area (Å²) in [5.41, 5.74) is -0.252. The van der Waals surface area contributed by atoms with Crippen LogP contribution >= 0.6 is 11.6 Å². The minimum Gasteiger partial charge on any atom is -0.339 e.